The number of amides is 1. The first kappa shape index (κ1) is 12.2. The summed E-state index contributed by atoms with van der Waals surface area (Å²) in [5.41, 5.74) is 7.29. The predicted molar refractivity (Wildman–Crippen MR) is 80.6 cm³/mol. The third-order valence-corrected chi connectivity index (χ3v) is 3.07. The van der Waals surface area contributed by atoms with Crippen LogP contribution >= 0.6 is 0 Å². The van der Waals surface area contributed by atoms with Gasteiger partial charge in [-0.05, 0) is 23.6 Å². The number of nitrogen functional groups attached to an aromatic ring is 1. The number of nitrogens with one attached hydrogen (secondary N) is 1. The Morgan fingerprint density at radius 2 is 1.70 bits per heavy atom. The standard InChI is InChI=1S/C16H13N3O/c17-13-7-3-4-8-14(13)19-16(20)15-9-11-5-1-2-6-12(11)10-18-15/h1-10H,17H2,(H,19,20). The van der Waals surface area contributed by atoms with Crippen LogP contribution in [0, 0.1) is 0 Å². The smallest absolute Gasteiger partial charge is 0.274 e. The topological polar surface area (TPSA) is 68.0 Å². The van der Waals surface area contributed by atoms with E-state index in [0.717, 1.165) is 10.8 Å². The van der Waals surface area contributed by atoms with Crippen LogP contribution < -0.4 is 11.1 Å². The Hall–Kier alpha value is -2.88. The molecule has 0 bridgehead atoms. The second-order valence-corrected chi connectivity index (χ2v) is 4.46. The highest BCUT2D eigenvalue weighted by molar-refractivity contribution is 6.06. The lowest BCUT2D eigenvalue weighted by Gasteiger charge is -2.07. The minimum atomic E-state index is -0.270. The van der Waals surface area contributed by atoms with Crippen molar-refractivity contribution < 1.29 is 4.79 Å². The Morgan fingerprint density at radius 1 is 1.00 bits per heavy atom. The summed E-state index contributed by atoms with van der Waals surface area (Å²) in [5, 5.41) is 4.75. The molecule has 3 N–H and O–H groups in total. The van der Waals surface area contributed by atoms with Gasteiger partial charge in [0, 0.05) is 11.6 Å². The van der Waals surface area contributed by atoms with Gasteiger partial charge in [0.05, 0.1) is 11.4 Å². The molecule has 0 aliphatic rings. The first-order valence-electron chi connectivity index (χ1n) is 6.25. The molecule has 1 heterocycles. The average molecular weight is 263 g/mol. The number of anilines is 2. The third-order valence-electron chi connectivity index (χ3n) is 3.07. The molecular formula is C16H13N3O. The van der Waals surface area contributed by atoms with Crippen LogP contribution in [0.5, 0.6) is 0 Å². The molecular weight excluding hydrogens is 250 g/mol. The van der Waals surface area contributed by atoms with Crippen molar-refractivity contribution in [1.29, 1.82) is 0 Å². The molecule has 0 saturated heterocycles. The number of fused-ring (bicyclic) bond motifs is 1. The number of aromatic nitrogens is 1. The van der Waals surface area contributed by atoms with Gasteiger partial charge in [-0.25, -0.2) is 0 Å². The Kier molecular flexibility index (Phi) is 3.05. The number of carbonyl (C=O) groups excluding carboxylic acids is 1. The van der Waals surface area contributed by atoms with Crippen molar-refractivity contribution in [2.45, 2.75) is 0 Å². The molecule has 0 spiro atoms. The molecule has 0 unspecified atom stereocenters. The predicted octanol–water partition coefficient (Wildman–Crippen LogP) is 3.07. The molecule has 0 aliphatic carbocycles. The number of hydrogen-bond acceptors (Lipinski definition) is 3. The van der Waals surface area contributed by atoms with E-state index in [-0.39, 0.29) is 5.91 Å². The van der Waals surface area contributed by atoms with E-state index in [1.54, 1.807) is 24.4 Å². The Balaban J connectivity index is 1.91. The van der Waals surface area contributed by atoms with Gasteiger partial charge in [-0.3, -0.25) is 9.78 Å². The van der Waals surface area contributed by atoms with Gasteiger partial charge in [-0.1, -0.05) is 36.4 Å². The fourth-order valence-corrected chi connectivity index (χ4v) is 2.00. The van der Waals surface area contributed by atoms with Crippen LogP contribution in [0.3, 0.4) is 0 Å². The maximum Gasteiger partial charge on any atom is 0.274 e. The minimum absolute atomic E-state index is 0.270. The maximum absolute atomic E-state index is 12.2. The van der Waals surface area contributed by atoms with Crippen molar-refractivity contribution in [1.82, 2.24) is 4.98 Å². The number of pyridine rings is 1. The Morgan fingerprint density at radius 3 is 2.50 bits per heavy atom. The van der Waals surface area contributed by atoms with E-state index in [4.69, 9.17) is 5.73 Å². The SMILES string of the molecule is Nc1ccccc1NC(=O)c1cc2ccccc2cn1. The number of benzene rings is 2. The summed E-state index contributed by atoms with van der Waals surface area (Å²) in [4.78, 5) is 16.4. The maximum atomic E-state index is 12.2. The van der Waals surface area contributed by atoms with Crippen molar-refractivity contribution in [3.05, 3.63) is 66.5 Å². The zero-order valence-corrected chi connectivity index (χ0v) is 10.7. The third kappa shape index (κ3) is 2.31. The van der Waals surface area contributed by atoms with Crippen molar-refractivity contribution >= 4 is 28.1 Å². The lowest BCUT2D eigenvalue weighted by molar-refractivity contribution is 0.102. The van der Waals surface area contributed by atoms with Gasteiger partial charge in [-0.2, -0.15) is 0 Å². The monoisotopic (exact) mass is 263 g/mol. The molecule has 1 amide bonds. The molecule has 0 saturated carbocycles. The Bertz CT molecular complexity index is 783. The second kappa shape index (κ2) is 5.01. The summed E-state index contributed by atoms with van der Waals surface area (Å²) in [6, 6.07) is 16.7. The van der Waals surface area contributed by atoms with Crippen molar-refractivity contribution in [2.24, 2.45) is 0 Å². The van der Waals surface area contributed by atoms with Crippen LogP contribution in [0.15, 0.2) is 60.8 Å². The van der Waals surface area contributed by atoms with Crippen LogP contribution in [-0.2, 0) is 0 Å². The highest BCUT2D eigenvalue weighted by Gasteiger charge is 2.09. The van der Waals surface area contributed by atoms with Crippen molar-refractivity contribution in [3.63, 3.8) is 0 Å². The van der Waals surface area contributed by atoms with Gasteiger partial charge in [0.2, 0.25) is 0 Å². The zero-order chi connectivity index (χ0) is 13.9. The van der Waals surface area contributed by atoms with Crippen LogP contribution in [0.2, 0.25) is 0 Å². The van der Waals surface area contributed by atoms with Crippen LogP contribution in [0.4, 0.5) is 11.4 Å². The van der Waals surface area contributed by atoms with Gasteiger partial charge in [-0.15, -0.1) is 0 Å². The lowest BCUT2D eigenvalue weighted by Crippen LogP contribution is -2.14. The summed E-state index contributed by atoms with van der Waals surface area (Å²) in [6.45, 7) is 0. The fraction of sp³-hybridized carbons (Fsp3) is 0. The molecule has 20 heavy (non-hydrogen) atoms. The molecule has 3 aromatic rings. The van der Waals surface area contributed by atoms with Gasteiger partial charge >= 0.3 is 0 Å². The highest BCUT2D eigenvalue weighted by Crippen LogP contribution is 2.18. The molecule has 3 rings (SSSR count). The van der Waals surface area contributed by atoms with Crippen LogP contribution in [0.25, 0.3) is 10.8 Å². The molecule has 0 atom stereocenters. The van der Waals surface area contributed by atoms with Crippen LogP contribution in [0.1, 0.15) is 10.5 Å². The second-order valence-electron chi connectivity index (χ2n) is 4.46. The average Bonchev–Trinajstić information content (AvgIpc) is 2.49. The number of para-hydroxylation sites is 2. The summed E-state index contributed by atoms with van der Waals surface area (Å²) in [6.07, 6.45) is 1.69. The number of carbonyl (C=O) groups is 1. The molecule has 2 aromatic carbocycles. The molecule has 98 valence electrons. The summed E-state index contributed by atoms with van der Waals surface area (Å²) < 4.78 is 0. The van der Waals surface area contributed by atoms with E-state index < -0.39 is 0 Å². The lowest BCUT2D eigenvalue weighted by atomic mass is 10.1. The molecule has 4 nitrogen and oxygen atoms in total. The van der Waals surface area contributed by atoms with Crippen LogP contribution in [-0.4, -0.2) is 10.9 Å². The number of rotatable bonds is 2. The number of nitrogens with zero attached hydrogens (tertiary/aromatic N) is 1. The quantitative estimate of drug-likeness (QED) is 0.698. The molecule has 1 aromatic heterocycles. The normalized spacial score (nSPS) is 10.4. The summed E-state index contributed by atoms with van der Waals surface area (Å²) in [7, 11) is 0. The van der Waals surface area contributed by atoms with Crippen molar-refractivity contribution in [2.75, 3.05) is 11.1 Å². The molecule has 0 aliphatic heterocycles. The van der Waals surface area contributed by atoms with E-state index in [1.165, 1.54) is 0 Å². The molecule has 0 radical (unpaired) electrons. The first-order chi connectivity index (χ1) is 9.74. The highest BCUT2D eigenvalue weighted by atomic mass is 16.1. The van der Waals surface area contributed by atoms with Gasteiger partial charge < -0.3 is 11.1 Å². The van der Waals surface area contributed by atoms with E-state index in [2.05, 4.69) is 10.3 Å². The van der Waals surface area contributed by atoms with E-state index in [0.29, 0.717) is 17.1 Å². The van der Waals surface area contributed by atoms with E-state index in [9.17, 15) is 4.79 Å². The largest absolute Gasteiger partial charge is 0.397 e. The van der Waals surface area contributed by atoms with E-state index in [1.807, 2.05) is 36.4 Å². The molecule has 0 fully saturated rings. The van der Waals surface area contributed by atoms with Gasteiger partial charge in [0.25, 0.3) is 5.91 Å². The van der Waals surface area contributed by atoms with E-state index >= 15 is 0 Å². The fourth-order valence-electron chi connectivity index (χ4n) is 2.00. The number of hydrogen-bond donors (Lipinski definition) is 2. The summed E-state index contributed by atoms with van der Waals surface area (Å²) in [5.74, 6) is -0.270. The number of nitrogens with two attached hydrogens (primary N) is 1. The Labute approximate surface area is 116 Å². The zero-order valence-electron chi connectivity index (χ0n) is 10.7. The molecule has 4 heteroatoms. The first-order valence-corrected chi connectivity index (χ1v) is 6.25. The van der Waals surface area contributed by atoms with Gasteiger partial charge in [0.1, 0.15) is 5.69 Å². The summed E-state index contributed by atoms with van der Waals surface area (Å²) >= 11 is 0. The minimum Gasteiger partial charge on any atom is -0.397 e. The van der Waals surface area contributed by atoms with Crippen molar-refractivity contribution in [3.8, 4) is 0 Å². The van der Waals surface area contributed by atoms with Gasteiger partial charge in [0.15, 0.2) is 0 Å².